The summed E-state index contributed by atoms with van der Waals surface area (Å²) in [6, 6.07) is 6.22. The number of hydrogen-bond acceptors (Lipinski definition) is 3. The van der Waals surface area contributed by atoms with Crippen LogP contribution in [0, 0.1) is 0 Å². The molecule has 1 heterocycles. The summed E-state index contributed by atoms with van der Waals surface area (Å²) < 4.78 is 6.85. The van der Waals surface area contributed by atoms with Gasteiger partial charge in [0, 0.05) is 23.6 Å². The van der Waals surface area contributed by atoms with Crippen molar-refractivity contribution in [2.75, 3.05) is 7.11 Å². The maximum Gasteiger partial charge on any atom is 0.352 e. The summed E-state index contributed by atoms with van der Waals surface area (Å²) in [5.74, 6) is -0.511. The van der Waals surface area contributed by atoms with Crippen molar-refractivity contribution in [3.63, 3.8) is 0 Å². The lowest BCUT2D eigenvalue weighted by molar-refractivity contribution is 0.0682. The minimum Gasteiger partial charge on any atom is -0.497 e. The van der Waals surface area contributed by atoms with E-state index in [-0.39, 0.29) is 17.2 Å². The van der Waals surface area contributed by atoms with Crippen LogP contribution in [-0.2, 0) is 0 Å². The van der Waals surface area contributed by atoms with Crippen LogP contribution in [-0.4, -0.2) is 22.8 Å². The Labute approximate surface area is 116 Å². The second-order valence-electron chi connectivity index (χ2n) is 4.71. The Morgan fingerprint density at radius 1 is 1.40 bits per heavy atom. The molecule has 0 saturated carbocycles. The molecular weight excluding hydrogens is 258 g/mol. The Morgan fingerprint density at radius 3 is 2.65 bits per heavy atom. The lowest BCUT2D eigenvalue weighted by Crippen LogP contribution is -2.20. The summed E-state index contributed by atoms with van der Waals surface area (Å²) in [7, 11) is 1.54. The molecule has 1 N–H and O–H groups in total. The molecule has 1 atom stereocenters. The van der Waals surface area contributed by atoms with Crippen LogP contribution in [0.25, 0.3) is 10.9 Å². The number of aromatic carboxylic acids is 1. The lowest BCUT2D eigenvalue weighted by atomic mass is 10.1. The van der Waals surface area contributed by atoms with Gasteiger partial charge < -0.3 is 14.4 Å². The molecule has 0 aliphatic carbocycles. The van der Waals surface area contributed by atoms with Gasteiger partial charge in [0.15, 0.2) is 5.43 Å². The molecule has 0 bridgehead atoms. The Kier molecular flexibility index (Phi) is 3.79. The molecule has 2 rings (SSSR count). The maximum atomic E-state index is 12.0. The normalized spacial score (nSPS) is 12.3. The summed E-state index contributed by atoms with van der Waals surface area (Å²) in [6.07, 6.45) is 0.759. The van der Waals surface area contributed by atoms with Crippen LogP contribution >= 0.6 is 0 Å². The molecule has 0 saturated heterocycles. The Hall–Kier alpha value is -2.30. The number of ether oxygens (including phenoxy) is 1. The van der Waals surface area contributed by atoms with Gasteiger partial charge in [-0.3, -0.25) is 4.79 Å². The quantitative estimate of drug-likeness (QED) is 0.931. The zero-order valence-corrected chi connectivity index (χ0v) is 11.7. The van der Waals surface area contributed by atoms with E-state index in [1.54, 1.807) is 22.8 Å². The van der Waals surface area contributed by atoms with Crippen molar-refractivity contribution < 1.29 is 14.6 Å². The molecule has 0 aliphatic heterocycles. The largest absolute Gasteiger partial charge is 0.497 e. The smallest absolute Gasteiger partial charge is 0.352 e. The van der Waals surface area contributed by atoms with Crippen LogP contribution in [0.4, 0.5) is 0 Å². The van der Waals surface area contributed by atoms with Crippen LogP contribution in [0.5, 0.6) is 5.75 Å². The molecule has 5 heteroatoms. The topological polar surface area (TPSA) is 68.5 Å². The first-order chi connectivity index (χ1) is 9.49. The first-order valence-electron chi connectivity index (χ1n) is 6.46. The number of pyridine rings is 1. The fourth-order valence-corrected chi connectivity index (χ4v) is 2.27. The summed E-state index contributed by atoms with van der Waals surface area (Å²) in [5.41, 5.74) is 0.299. The number of aromatic nitrogens is 1. The summed E-state index contributed by atoms with van der Waals surface area (Å²) in [6.45, 7) is 3.90. The predicted octanol–water partition coefficient (Wildman–Crippen LogP) is 2.68. The Morgan fingerprint density at radius 2 is 2.10 bits per heavy atom. The Bertz CT molecular complexity index is 718. The van der Waals surface area contributed by atoms with Crippen molar-refractivity contribution in [2.45, 2.75) is 26.3 Å². The van der Waals surface area contributed by atoms with Gasteiger partial charge in [-0.15, -0.1) is 0 Å². The van der Waals surface area contributed by atoms with E-state index in [1.165, 1.54) is 13.2 Å². The van der Waals surface area contributed by atoms with Gasteiger partial charge >= 0.3 is 5.97 Å². The van der Waals surface area contributed by atoms with E-state index >= 15 is 0 Å². The van der Waals surface area contributed by atoms with Gasteiger partial charge in [-0.1, -0.05) is 6.92 Å². The molecule has 1 unspecified atom stereocenters. The number of fused-ring (bicyclic) bond motifs is 1. The average Bonchev–Trinajstić information content (AvgIpc) is 2.45. The molecule has 0 radical (unpaired) electrons. The van der Waals surface area contributed by atoms with Crippen molar-refractivity contribution in [3.8, 4) is 5.75 Å². The number of nitrogens with zero attached hydrogens (tertiary/aromatic N) is 1. The highest BCUT2D eigenvalue weighted by molar-refractivity contribution is 5.91. The molecule has 20 heavy (non-hydrogen) atoms. The fourth-order valence-electron chi connectivity index (χ4n) is 2.27. The molecule has 106 valence electrons. The van der Waals surface area contributed by atoms with Gasteiger partial charge in [0.25, 0.3) is 0 Å². The van der Waals surface area contributed by atoms with Crippen LogP contribution in [0.3, 0.4) is 0 Å². The minimum absolute atomic E-state index is 0.00473. The minimum atomic E-state index is -1.10. The van der Waals surface area contributed by atoms with E-state index in [4.69, 9.17) is 4.74 Å². The van der Waals surface area contributed by atoms with E-state index < -0.39 is 5.97 Å². The number of carbonyl (C=O) groups is 1. The third kappa shape index (κ3) is 2.27. The molecule has 0 amide bonds. The van der Waals surface area contributed by atoms with Gasteiger partial charge in [0.1, 0.15) is 11.4 Å². The third-order valence-corrected chi connectivity index (χ3v) is 3.51. The van der Waals surface area contributed by atoms with Gasteiger partial charge in [-0.2, -0.15) is 0 Å². The van der Waals surface area contributed by atoms with E-state index in [1.807, 2.05) is 13.8 Å². The van der Waals surface area contributed by atoms with Crippen LogP contribution in [0.1, 0.15) is 36.8 Å². The average molecular weight is 275 g/mol. The van der Waals surface area contributed by atoms with E-state index in [0.717, 1.165) is 6.42 Å². The van der Waals surface area contributed by atoms with Crippen molar-refractivity contribution in [1.82, 2.24) is 4.57 Å². The third-order valence-electron chi connectivity index (χ3n) is 3.51. The monoisotopic (exact) mass is 275 g/mol. The molecule has 1 aromatic heterocycles. The molecule has 0 spiro atoms. The Balaban J connectivity index is 2.93. The second-order valence-corrected chi connectivity index (χ2v) is 4.71. The van der Waals surface area contributed by atoms with E-state index in [2.05, 4.69) is 0 Å². The number of benzene rings is 1. The zero-order valence-electron chi connectivity index (χ0n) is 11.7. The van der Waals surface area contributed by atoms with Crippen molar-refractivity contribution in [3.05, 3.63) is 40.2 Å². The van der Waals surface area contributed by atoms with Crippen LogP contribution < -0.4 is 10.2 Å². The summed E-state index contributed by atoms with van der Waals surface area (Å²) >= 11 is 0. The van der Waals surface area contributed by atoms with Gasteiger partial charge in [-0.25, -0.2) is 4.79 Å². The highest BCUT2D eigenvalue weighted by Gasteiger charge is 2.18. The first kappa shape index (κ1) is 14.1. The predicted molar refractivity (Wildman–Crippen MR) is 76.7 cm³/mol. The number of rotatable bonds is 4. The zero-order chi connectivity index (χ0) is 14.9. The summed E-state index contributed by atoms with van der Waals surface area (Å²) in [4.78, 5) is 23.5. The highest BCUT2D eigenvalue weighted by atomic mass is 16.5. The van der Waals surface area contributed by atoms with Crippen molar-refractivity contribution in [1.29, 1.82) is 0 Å². The lowest BCUT2D eigenvalue weighted by Gasteiger charge is -2.20. The molecule has 2 aromatic rings. The van der Waals surface area contributed by atoms with Gasteiger partial charge in [0.05, 0.1) is 12.6 Å². The molecule has 1 aromatic carbocycles. The maximum absolute atomic E-state index is 12.0. The SMILES string of the molecule is CCC(C)n1c(C(=O)O)cc(=O)c2ccc(OC)cc21. The summed E-state index contributed by atoms with van der Waals surface area (Å²) in [5, 5.41) is 9.83. The van der Waals surface area contributed by atoms with Crippen LogP contribution in [0.15, 0.2) is 29.1 Å². The van der Waals surface area contributed by atoms with Crippen molar-refractivity contribution >= 4 is 16.9 Å². The molecule has 0 fully saturated rings. The first-order valence-corrected chi connectivity index (χ1v) is 6.46. The fraction of sp³-hybridized carbons (Fsp3) is 0.333. The number of carboxylic acid groups (broad SMARTS) is 1. The molecule has 5 nitrogen and oxygen atoms in total. The number of carboxylic acids is 1. The highest BCUT2D eigenvalue weighted by Crippen LogP contribution is 2.24. The van der Waals surface area contributed by atoms with E-state index in [9.17, 15) is 14.7 Å². The number of hydrogen-bond donors (Lipinski definition) is 1. The standard InChI is InChI=1S/C15H17NO4/c1-4-9(2)16-12-7-10(20-3)5-6-11(12)14(17)8-13(16)15(18)19/h5-9H,4H2,1-3H3,(H,18,19). The molecular formula is C15H17NO4. The molecule has 0 aliphatic rings. The second kappa shape index (κ2) is 5.36. The van der Waals surface area contributed by atoms with Crippen molar-refractivity contribution in [2.24, 2.45) is 0 Å². The number of methoxy groups -OCH3 is 1. The van der Waals surface area contributed by atoms with Gasteiger partial charge in [0.2, 0.25) is 0 Å². The van der Waals surface area contributed by atoms with E-state index in [0.29, 0.717) is 16.7 Å². The van der Waals surface area contributed by atoms with Crippen LogP contribution in [0.2, 0.25) is 0 Å². The van der Waals surface area contributed by atoms with Gasteiger partial charge in [-0.05, 0) is 25.5 Å².